The molecule has 0 spiro atoms. The zero-order valence-electron chi connectivity index (χ0n) is 20.9. The lowest BCUT2D eigenvalue weighted by Crippen LogP contribution is -2.30. The second kappa shape index (κ2) is 10.9. The fraction of sp³-hybridized carbons (Fsp3) is 0.296. The minimum Gasteiger partial charge on any atom is -0.279 e. The monoisotopic (exact) mass is 522 g/mol. The van der Waals surface area contributed by atoms with Crippen LogP contribution in [0, 0.1) is 13.8 Å². The van der Waals surface area contributed by atoms with Gasteiger partial charge >= 0.3 is 0 Å². The molecule has 0 fully saturated rings. The van der Waals surface area contributed by atoms with Crippen LogP contribution in [-0.2, 0) is 16.6 Å². The molecule has 4 rings (SSSR count). The van der Waals surface area contributed by atoms with Crippen molar-refractivity contribution < 1.29 is 13.2 Å². The Balaban J connectivity index is 1.68. The van der Waals surface area contributed by atoms with Gasteiger partial charge in [-0.2, -0.15) is 0 Å². The fourth-order valence-electron chi connectivity index (χ4n) is 3.99. The second-order valence-corrected chi connectivity index (χ2v) is 11.9. The van der Waals surface area contributed by atoms with Crippen molar-refractivity contribution in [3.63, 3.8) is 0 Å². The van der Waals surface area contributed by atoms with Crippen molar-refractivity contribution in [3.8, 4) is 0 Å². The van der Waals surface area contributed by atoms with E-state index in [1.807, 2.05) is 39.0 Å². The van der Waals surface area contributed by atoms with Gasteiger partial charge in [0.15, 0.2) is 5.13 Å². The van der Waals surface area contributed by atoms with Crippen molar-refractivity contribution in [1.82, 2.24) is 14.3 Å². The number of anilines is 1. The number of benzene rings is 2. The third-order valence-electron chi connectivity index (χ3n) is 5.98. The van der Waals surface area contributed by atoms with E-state index in [4.69, 9.17) is 4.98 Å². The van der Waals surface area contributed by atoms with Gasteiger partial charge in [-0.25, -0.2) is 17.7 Å². The van der Waals surface area contributed by atoms with Gasteiger partial charge in [0, 0.05) is 31.5 Å². The SMILES string of the molecule is CCCCN(C)S(=O)(=O)c1ccc(C(=O)N(Cc2cccnc2)c2nc3cc(C)cc(C)c3s2)cc1. The van der Waals surface area contributed by atoms with Crippen LogP contribution in [0.15, 0.2) is 65.8 Å². The number of thiazole rings is 1. The molecule has 0 radical (unpaired) electrons. The molecule has 2 aromatic carbocycles. The van der Waals surface area contributed by atoms with Crippen LogP contribution in [-0.4, -0.2) is 42.2 Å². The summed E-state index contributed by atoms with van der Waals surface area (Å²) < 4.78 is 28.2. The molecule has 0 saturated heterocycles. The average Bonchev–Trinajstić information content (AvgIpc) is 3.30. The Bertz CT molecular complexity index is 1470. The highest BCUT2D eigenvalue weighted by atomic mass is 32.2. The first-order valence-corrected chi connectivity index (χ1v) is 14.1. The van der Waals surface area contributed by atoms with Gasteiger partial charge in [0.25, 0.3) is 5.91 Å². The predicted molar refractivity (Wildman–Crippen MR) is 145 cm³/mol. The summed E-state index contributed by atoms with van der Waals surface area (Å²) >= 11 is 1.47. The molecule has 0 aliphatic rings. The number of carbonyl (C=O) groups is 1. The Kier molecular flexibility index (Phi) is 7.82. The van der Waals surface area contributed by atoms with Crippen LogP contribution in [0.4, 0.5) is 5.13 Å². The molecule has 0 atom stereocenters. The van der Waals surface area contributed by atoms with E-state index in [-0.39, 0.29) is 10.8 Å². The van der Waals surface area contributed by atoms with E-state index < -0.39 is 10.0 Å². The number of carbonyl (C=O) groups excluding carboxylic acids is 1. The van der Waals surface area contributed by atoms with E-state index in [1.165, 1.54) is 27.8 Å². The average molecular weight is 523 g/mol. The third-order valence-corrected chi connectivity index (χ3v) is 9.08. The lowest BCUT2D eigenvalue weighted by atomic mass is 10.1. The topological polar surface area (TPSA) is 83.5 Å². The summed E-state index contributed by atoms with van der Waals surface area (Å²) in [6.07, 6.45) is 5.11. The van der Waals surface area contributed by atoms with Crippen LogP contribution < -0.4 is 4.90 Å². The normalized spacial score (nSPS) is 11.8. The summed E-state index contributed by atoms with van der Waals surface area (Å²) in [6.45, 7) is 6.84. The number of unbranched alkanes of at least 4 members (excludes halogenated alkanes) is 1. The summed E-state index contributed by atoms with van der Waals surface area (Å²) in [5.74, 6) is -0.254. The van der Waals surface area contributed by atoms with Crippen LogP contribution in [0.2, 0.25) is 0 Å². The maximum atomic E-state index is 13.7. The fourth-order valence-corrected chi connectivity index (χ4v) is 6.21. The van der Waals surface area contributed by atoms with E-state index in [0.29, 0.717) is 23.8 Å². The van der Waals surface area contributed by atoms with Crippen LogP contribution in [0.1, 0.15) is 46.8 Å². The molecule has 2 aromatic heterocycles. The molecule has 36 heavy (non-hydrogen) atoms. The summed E-state index contributed by atoms with van der Waals surface area (Å²) in [6, 6.07) is 14.0. The number of amides is 1. The summed E-state index contributed by atoms with van der Waals surface area (Å²) in [5.41, 5.74) is 4.34. The zero-order valence-corrected chi connectivity index (χ0v) is 22.6. The molecule has 2 heterocycles. The first kappa shape index (κ1) is 25.9. The number of aromatic nitrogens is 2. The van der Waals surface area contributed by atoms with Gasteiger partial charge in [0.2, 0.25) is 10.0 Å². The van der Waals surface area contributed by atoms with Crippen molar-refractivity contribution in [2.24, 2.45) is 0 Å². The number of nitrogens with zero attached hydrogens (tertiary/aromatic N) is 4. The molecule has 0 saturated carbocycles. The zero-order chi connectivity index (χ0) is 25.9. The minimum atomic E-state index is -3.61. The van der Waals surface area contributed by atoms with Crippen LogP contribution in [0.5, 0.6) is 0 Å². The van der Waals surface area contributed by atoms with Crippen LogP contribution in [0.25, 0.3) is 10.2 Å². The molecule has 0 unspecified atom stereocenters. The summed E-state index contributed by atoms with van der Waals surface area (Å²) in [5, 5.41) is 0.587. The van der Waals surface area contributed by atoms with Crippen molar-refractivity contribution in [2.75, 3.05) is 18.5 Å². The Hall–Kier alpha value is -3.14. The van der Waals surface area contributed by atoms with Gasteiger partial charge in [-0.3, -0.25) is 14.7 Å². The second-order valence-electron chi connectivity index (χ2n) is 8.88. The highest BCUT2D eigenvalue weighted by molar-refractivity contribution is 7.89. The highest BCUT2D eigenvalue weighted by Crippen LogP contribution is 2.33. The highest BCUT2D eigenvalue weighted by Gasteiger charge is 2.24. The van der Waals surface area contributed by atoms with E-state index >= 15 is 0 Å². The van der Waals surface area contributed by atoms with Gasteiger partial charge in [-0.15, -0.1) is 0 Å². The van der Waals surface area contributed by atoms with Crippen molar-refractivity contribution in [1.29, 1.82) is 0 Å². The smallest absolute Gasteiger partial charge is 0.260 e. The third kappa shape index (κ3) is 5.48. The Labute approximate surface area is 216 Å². The number of aryl methyl sites for hydroxylation is 2. The van der Waals surface area contributed by atoms with Crippen molar-refractivity contribution in [2.45, 2.75) is 45.1 Å². The molecule has 4 aromatic rings. The number of sulfonamides is 1. The van der Waals surface area contributed by atoms with Crippen molar-refractivity contribution >= 4 is 42.6 Å². The molecule has 0 bridgehead atoms. The maximum Gasteiger partial charge on any atom is 0.260 e. The Morgan fingerprint density at radius 1 is 1.08 bits per heavy atom. The molecule has 1 amide bonds. The lowest BCUT2D eigenvalue weighted by Gasteiger charge is -2.20. The van der Waals surface area contributed by atoms with Crippen molar-refractivity contribution in [3.05, 3.63) is 83.2 Å². The van der Waals surface area contributed by atoms with Gasteiger partial charge in [-0.05, 0) is 73.4 Å². The predicted octanol–water partition coefficient (Wildman–Crippen LogP) is 5.58. The van der Waals surface area contributed by atoms with Gasteiger partial charge in [0.1, 0.15) is 0 Å². The van der Waals surface area contributed by atoms with Gasteiger partial charge in [0.05, 0.1) is 21.7 Å². The van der Waals surface area contributed by atoms with E-state index in [2.05, 4.69) is 11.1 Å². The molecule has 188 valence electrons. The summed E-state index contributed by atoms with van der Waals surface area (Å²) in [7, 11) is -2.03. The van der Waals surface area contributed by atoms with Crippen LogP contribution >= 0.6 is 11.3 Å². The minimum absolute atomic E-state index is 0.169. The lowest BCUT2D eigenvalue weighted by molar-refractivity contribution is 0.0985. The number of fused-ring (bicyclic) bond motifs is 1. The molecule has 7 nitrogen and oxygen atoms in total. The van der Waals surface area contributed by atoms with Gasteiger partial charge < -0.3 is 0 Å². The summed E-state index contributed by atoms with van der Waals surface area (Å²) in [4.78, 5) is 24.5. The quantitative estimate of drug-likeness (QED) is 0.287. The molecular formula is C27H30N4O3S2. The number of hydrogen-bond acceptors (Lipinski definition) is 6. The Morgan fingerprint density at radius 3 is 2.50 bits per heavy atom. The first-order valence-electron chi connectivity index (χ1n) is 11.9. The van der Waals surface area contributed by atoms with E-state index in [0.717, 1.165) is 39.7 Å². The van der Waals surface area contributed by atoms with Gasteiger partial charge in [-0.1, -0.05) is 36.8 Å². The Morgan fingerprint density at radius 2 is 1.83 bits per heavy atom. The molecule has 0 aliphatic carbocycles. The number of rotatable bonds is 9. The maximum absolute atomic E-state index is 13.7. The van der Waals surface area contributed by atoms with E-state index in [1.54, 1.807) is 36.5 Å². The first-order chi connectivity index (χ1) is 17.2. The largest absolute Gasteiger partial charge is 0.279 e. The number of hydrogen-bond donors (Lipinski definition) is 0. The molecule has 9 heteroatoms. The van der Waals surface area contributed by atoms with Crippen LogP contribution in [0.3, 0.4) is 0 Å². The van der Waals surface area contributed by atoms with E-state index in [9.17, 15) is 13.2 Å². The standard InChI is InChI=1S/C27H30N4O3S2/c1-5-6-14-30(4)36(33,34)23-11-9-22(10-12-23)26(32)31(18-21-8-7-13-28-17-21)27-29-24-16-19(2)15-20(3)25(24)35-27/h7-13,15-17H,5-6,14,18H2,1-4H3. The molecule has 0 N–H and O–H groups in total. The molecule has 0 aliphatic heterocycles. The molecular weight excluding hydrogens is 492 g/mol. The number of pyridine rings is 1.